The number of allylic oxidation sites excluding steroid dienone is 2. The van der Waals surface area contributed by atoms with Crippen LogP contribution in [0.3, 0.4) is 0 Å². The minimum absolute atomic E-state index is 0.0174. The third-order valence-electron chi connectivity index (χ3n) is 5.08. The molecule has 1 heterocycles. The fourth-order valence-corrected chi connectivity index (χ4v) is 4.15. The minimum atomic E-state index is -0.442. The maximum atomic E-state index is 11.2. The van der Waals surface area contributed by atoms with E-state index in [1.807, 2.05) is 0 Å². The lowest BCUT2D eigenvalue weighted by Crippen LogP contribution is -2.29. The number of non-ortho nitro benzene ring substituents is 2. The van der Waals surface area contributed by atoms with Crippen LogP contribution in [0.5, 0.6) is 0 Å². The Hall–Kier alpha value is -2.93. The normalized spacial score (nSPS) is 23.0. The second-order valence-electron chi connectivity index (χ2n) is 6.47. The van der Waals surface area contributed by atoms with Crippen molar-refractivity contribution in [3.05, 3.63) is 84.9 Å². The molecule has 1 aliphatic carbocycles. The largest absolute Gasteiger partial charge is 0.376 e. The molecule has 0 aromatic heterocycles. The summed E-state index contributed by atoms with van der Waals surface area (Å²) in [6.45, 7) is 0. The zero-order valence-corrected chi connectivity index (χ0v) is 14.2. The molecule has 0 amide bonds. The second-order valence-corrected chi connectivity index (χ2v) is 6.88. The third-order valence-corrected chi connectivity index (χ3v) is 5.38. The summed E-state index contributed by atoms with van der Waals surface area (Å²) < 4.78 is 0. The molecule has 2 aromatic rings. The highest BCUT2D eigenvalue weighted by Gasteiger charge is 2.39. The number of fused-ring (bicyclic) bond motifs is 3. The molecule has 26 heavy (non-hydrogen) atoms. The van der Waals surface area contributed by atoms with E-state index in [4.69, 9.17) is 11.6 Å². The van der Waals surface area contributed by atoms with Crippen molar-refractivity contribution < 1.29 is 9.85 Å². The van der Waals surface area contributed by atoms with Gasteiger partial charge in [-0.3, -0.25) is 20.2 Å². The summed E-state index contributed by atoms with van der Waals surface area (Å²) in [4.78, 5) is 21.2. The van der Waals surface area contributed by atoms with E-state index in [0.717, 1.165) is 17.5 Å². The van der Waals surface area contributed by atoms with Gasteiger partial charge in [0.1, 0.15) is 0 Å². The van der Waals surface area contributed by atoms with E-state index in [9.17, 15) is 20.2 Å². The van der Waals surface area contributed by atoms with E-state index >= 15 is 0 Å². The lowest BCUT2D eigenvalue weighted by molar-refractivity contribution is -0.385. The third kappa shape index (κ3) is 2.61. The number of nitro groups is 2. The Labute approximate surface area is 153 Å². The first-order chi connectivity index (χ1) is 12.5. The van der Waals surface area contributed by atoms with Crippen LogP contribution in [0.15, 0.2) is 48.6 Å². The number of hydrogen-bond acceptors (Lipinski definition) is 5. The Morgan fingerprint density at radius 3 is 2.38 bits per heavy atom. The summed E-state index contributed by atoms with van der Waals surface area (Å²) in [5, 5.41) is 25.7. The molecule has 0 saturated heterocycles. The van der Waals surface area contributed by atoms with Gasteiger partial charge in [0, 0.05) is 30.2 Å². The van der Waals surface area contributed by atoms with Gasteiger partial charge in [-0.1, -0.05) is 35.9 Å². The van der Waals surface area contributed by atoms with Crippen LogP contribution in [0.4, 0.5) is 17.1 Å². The van der Waals surface area contributed by atoms with Crippen LogP contribution >= 0.6 is 11.6 Å². The van der Waals surface area contributed by atoms with Crippen molar-refractivity contribution in [1.29, 1.82) is 0 Å². The van der Waals surface area contributed by atoms with Gasteiger partial charge in [0.2, 0.25) is 0 Å². The summed E-state index contributed by atoms with van der Waals surface area (Å²) in [5.41, 5.74) is 2.45. The molecule has 8 heteroatoms. The number of rotatable bonds is 3. The van der Waals surface area contributed by atoms with Gasteiger partial charge in [-0.05, 0) is 23.5 Å². The first-order valence-electron chi connectivity index (χ1n) is 8.11. The number of hydrogen-bond donors (Lipinski definition) is 1. The highest BCUT2D eigenvalue weighted by atomic mass is 35.5. The second kappa shape index (κ2) is 6.10. The average Bonchev–Trinajstić information content (AvgIpc) is 3.11. The number of nitrogens with zero attached hydrogens (tertiary/aromatic N) is 2. The van der Waals surface area contributed by atoms with Crippen molar-refractivity contribution in [2.75, 3.05) is 5.32 Å². The van der Waals surface area contributed by atoms with Crippen molar-refractivity contribution >= 4 is 28.7 Å². The molecule has 2 aliphatic rings. The molecule has 1 N–H and O–H groups in total. The van der Waals surface area contributed by atoms with Crippen LogP contribution in [0.1, 0.15) is 29.5 Å². The van der Waals surface area contributed by atoms with Gasteiger partial charge in [-0.25, -0.2) is 0 Å². The van der Waals surface area contributed by atoms with Gasteiger partial charge >= 0.3 is 0 Å². The standard InChI is InChI=1S/C18H14ClN3O4/c19-16-9-12(22(25)26)8-15-13-2-1-3-14(13)17(20-18(15)16)10-4-6-11(7-5-10)21(23)24/h1-2,4-9,13-14,17,20H,3H2/t13-,14+,17+/m1/s1. The van der Waals surface area contributed by atoms with Crippen LogP contribution < -0.4 is 5.32 Å². The predicted molar refractivity (Wildman–Crippen MR) is 97.6 cm³/mol. The van der Waals surface area contributed by atoms with E-state index in [-0.39, 0.29) is 29.3 Å². The van der Waals surface area contributed by atoms with Crippen molar-refractivity contribution in [3.63, 3.8) is 0 Å². The minimum Gasteiger partial charge on any atom is -0.376 e. The molecule has 132 valence electrons. The maximum absolute atomic E-state index is 11.2. The molecule has 1 aliphatic heterocycles. The molecular formula is C18H14ClN3O4. The molecule has 0 fully saturated rings. The SMILES string of the molecule is O=[N+]([O-])c1ccc([C@@H]2Nc3c(Cl)cc([N+](=O)[O-])cc3[C@@H]3C=CC[C@@H]32)cc1. The van der Waals surface area contributed by atoms with Crippen LogP contribution in [0.25, 0.3) is 0 Å². The Balaban J connectivity index is 1.77. The Bertz CT molecular complexity index is 942. The molecule has 3 atom stereocenters. The highest BCUT2D eigenvalue weighted by Crippen LogP contribution is 2.52. The summed E-state index contributed by atoms with van der Waals surface area (Å²) in [6.07, 6.45) is 4.94. The number of halogens is 1. The van der Waals surface area contributed by atoms with Gasteiger partial charge in [0.05, 0.1) is 26.6 Å². The summed E-state index contributed by atoms with van der Waals surface area (Å²) in [6, 6.07) is 9.31. The molecule has 4 rings (SSSR count). The molecule has 7 nitrogen and oxygen atoms in total. The fraction of sp³-hybridized carbons (Fsp3) is 0.222. The molecule has 2 aromatic carbocycles. The van der Waals surface area contributed by atoms with E-state index in [0.29, 0.717) is 10.7 Å². The maximum Gasteiger partial charge on any atom is 0.271 e. The van der Waals surface area contributed by atoms with Gasteiger partial charge in [-0.15, -0.1) is 0 Å². The first kappa shape index (κ1) is 16.5. The Morgan fingerprint density at radius 2 is 1.73 bits per heavy atom. The topological polar surface area (TPSA) is 98.3 Å². The van der Waals surface area contributed by atoms with Crippen molar-refractivity contribution in [2.45, 2.75) is 18.4 Å². The molecular weight excluding hydrogens is 358 g/mol. The monoisotopic (exact) mass is 371 g/mol. The van der Waals surface area contributed by atoms with E-state index < -0.39 is 9.85 Å². The highest BCUT2D eigenvalue weighted by molar-refractivity contribution is 6.33. The van der Waals surface area contributed by atoms with Gasteiger partial charge in [0.25, 0.3) is 11.4 Å². The van der Waals surface area contributed by atoms with Crippen molar-refractivity contribution in [3.8, 4) is 0 Å². The van der Waals surface area contributed by atoms with Gasteiger partial charge in [0.15, 0.2) is 0 Å². The quantitative estimate of drug-likeness (QED) is 0.466. The molecule has 0 unspecified atom stereocenters. The smallest absolute Gasteiger partial charge is 0.271 e. The van der Waals surface area contributed by atoms with E-state index in [1.54, 1.807) is 18.2 Å². The van der Waals surface area contributed by atoms with Crippen LogP contribution in [0.2, 0.25) is 5.02 Å². The van der Waals surface area contributed by atoms with Crippen LogP contribution in [-0.4, -0.2) is 9.85 Å². The van der Waals surface area contributed by atoms with E-state index in [2.05, 4.69) is 17.5 Å². The van der Waals surface area contributed by atoms with Crippen LogP contribution in [0, 0.1) is 26.1 Å². The summed E-state index contributed by atoms with van der Waals surface area (Å²) in [5.74, 6) is 0.186. The first-order valence-corrected chi connectivity index (χ1v) is 8.49. The Morgan fingerprint density at radius 1 is 1.04 bits per heavy atom. The number of anilines is 1. The van der Waals surface area contributed by atoms with Crippen molar-refractivity contribution in [2.24, 2.45) is 5.92 Å². The van der Waals surface area contributed by atoms with Gasteiger partial charge < -0.3 is 5.32 Å². The predicted octanol–water partition coefficient (Wildman–Crippen LogP) is 4.98. The zero-order chi connectivity index (χ0) is 18.4. The van der Waals surface area contributed by atoms with Crippen LogP contribution in [-0.2, 0) is 0 Å². The average molecular weight is 372 g/mol. The van der Waals surface area contributed by atoms with Gasteiger partial charge in [-0.2, -0.15) is 0 Å². The fourth-order valence-electron chi connectivity index (χ4n) is 3.88. The number of nitrogens with one attached hydrogen (secondary N) is 1. The number of benzene rings is 2. The Kier molecular flexibility index (Phi) is 3.88. The van der Waals surface area contributed by atoms with E-state index in [1.165, 1.54) is 18.2 Å². The zero-order valence-electron chi connectivity index (χ0n) is 13.5. The van der Waals surface area contributed by atoms with Crippen molar-refractivity contribution in [1.82, 2.24) is 0 Å². The number of nitro benzene ring substituents is 2. The lowest BCUT2D eigenvalue weighted by atomic mass is 9.77. The summed E-state index contributed by atoms with van der Waals surface area (Å²) >= 11 is 6.32. The summed E-state index contributed by atoms with van der Waals surface area (Å²) in [7, 11) is 0. The molecule has 0 bridgehead atoms. The molecule has 0 saturated carbocycles. The lowest BCUT2D eigenvalue weighted by Gasteiger charge is -2.37. The molecule has 0 radical (unpaired) electrons. The molecule has 0 spiro atoms.